The van der Waals surface area contributed by atoms with Gasteiger partial charge >= 0.3 is 5.82 Å². The summed E-state index contributed by atoms with van der Waals surface area (Å²) in [5, 5.41) is 0. The average Bonchev–Trinajstić information content (AvgIpc) is 3.29. The zero-order valence-electron chi connectivity index (χ0n) is 18.9. The van der Waals surface area contributed by atoms with Crippen LogP contribution in [0.3, 0.4) is 0 Å². The van der Waals surface area contributed by atoms with Crippen molar-refractivity contribution in [3.8, 4) is 0 Å². The zero-order chi connectivity index (χ0) is 21.1. The van der Waals surface area contributed by atoms with Crippen LogP contribution in [0.15, 0.2) is 42.7 Å². The number of para-hydroxylation sites is 2. The normalized spacial score (nSPS) is 16.8. The number of rotatable bonds is 4. The Morgan fingerprint density at radius 1 is 1.10 bits per heavy atom. The van der Waals surface area contributed by atoms with Crippen molar-refractivity contribution < 1.29 is 4.68 Å². The topological polar surface area (TPSA) is 33.1 Å². The molecule has 4 rings (SSSR count). The summed E-state index contributed by atoms with van der Waals surface area (Å²) in [4.78, 5) is 9.53. The molecule has 154 valence electrons. The molecule has 0 bridgehead atoms. The van der Waals surface area contributed by atoms with Gasteiger partial charge in [0.1, 0.15) is 12.9 Å². The number of aromatic nitrogens is 4. The average molecular weight is 394 g/mol. The molecule has 6 heteroatoms. The second-order valence-electron chi connectivity index (χ2n) is 8.84. The third kappa shape index (κ3) is 2.76. The lowest BCUT2D eigenvalue weighted by Crippen LogP contribution is -2.52. The van der Waals surface area contributed by atoms with Gasteiger partial charge in [0.15, 0.2) is 11.9 Å². The van der Waals surface area contributed by atoms with E-state index in [4.69, 9.17) is 0 Å². The Labute approximate surface area is 174 Å². The fraction of sp³-hybridized carbons (Fsp3) is 0.478. The van der Waals surface area contributed by atoms with E-state index in [1.54, 1.807) is 0 Å². The summed E-state index contributed by atoms with van der Waals surface area (Å²) in [5.41, 5.74) is 3.48. The van der Waals surface area contributed by atoms with Crippen LogP contribution in [0.4, 0.5) is 17.2 Å². The van der Waals surface area contributed by atoms with Crippen molar-refractivity contribution in [1.82, 2.24) is 14.2 Å². The van der Waals surface area contributed by atoms with Crippen molar-refractivity contribution in [2.75, 3.05) is 9.80 Å². The van der Waals surface area contributed by atoms with Crippen molar-refractivity contribution in [3.63, 3.8) is 0 Å². The zero-order valence-corrected chi connectivity index (χ0v) is 18.9. The van der Waals surface area contributed by atoms with Gasteiger partial charge in [0.05, 0.1) is 35.4 Å². The number of hydrogen-bond donors (Lipinski definition) is 0. The van der Waals surface area contributed by atoms with E-state index in [0.29, 0.717) is 6.04 Å². The van der Waals surface area contributed by atoms with E-state index in [0.717, 1.165) is 5.82 Å². The summed E-state index contributed by atoms with van der Waals surface area (Å²) in [7, 11) is 4.25. The Kier molecular flexibility index (Phi) is 4.48. The van der Waals surface area contributed by atoms with Crippen LogP contribution in [0.5, 0.6) is 0 Å². The molecule has 2 aromatic heterocycles. The van der Waals surface area contributed by atoms with Crippen LogP contribution in [0, 0.1) is 6.92 Å². The van der Waals surface area contributed by atoms with Crippen molar-refractivity contribution in [2.24, 2.45) is 14.1 Å². The molecule has 1 atom stereocenters. The van der Waals surface area contributed by atoms with Crippen LogP contribution < -0.4 is 14.5 Å². The molecule has 0 saturated carbocycles. The molecular weight excluding hydrogens is 360 g/mol. The highest BCUT2D eigenvalue weighted by Crippen LogP contribution is 2.48. The quantitative estimate of drug-likeness (QED) is 0.624. The van der Waals surface area contributed by atoms with E-state index in [1.807, 2.05) is 6.20 Å². The molecule has 29 heavy (non-hydrogen) atoms. The van der Waals surface area contributed by atoms with Crippen LogP contribution >= 0.6 is 0 Å². The summed E-state index contributed by atoms with van der Waals surface area (Å²) in [6, 6.07) is 11.3. The Hall–Kier alpha value is -2.76. The lowest BCUT2D eigenvalue weighted by atomic mass is 9.97. The summed E-state index contributed by atoms with van der Waals surface area (Å²) in [6.07, 6.45) is 4.35. The number of hydrogen-bond acceptors (Lipinski definition) is 3. The number of nitrogens with zero attached hydrogens (tertiary/aromatic N) is 6. The molecule has 1 aromatic carbocycles. The Bertz CT molecular complexity index is 1040. The molecule has 6 nitrogen and oxygen atoms in total. The van der Waals surface area contributed by atoms with E-state index in [1.165, 1.54) is 22.9 Å². The minimum atomic E-state index is -0.223. The van der Waals surface area contributed by atoms with Crippen LogP contribution in [0.1, 0.15) is 52.2 Å². The van der Waals surface area contributed by atoms with Crippen LogP contribution in [0.2, 0.25) is 0 Å². The third-order valence-corrected chi connectivity index (χ3v) is 6.43. The number of fused-ring (bicyclic) bond motifs is 1. The van der Waals surface area contributed by atoms with Crippen molar-refractivity contribution in [3.05, 3.63) is 54.2 Å². The first-order valence-corrected chi connectivity index (χ1v) is 10.4. The van der Waals surface area contributed by atoms with E-state index < -0.39 is 0 Å². The molecule has 0 spiro atoms. The SMILES string of the molecule is Cc1ncc(C(C)(C)N2c3ccccc3N(c3ccn(C(C)C)[n+]3C)[C@H]2C)n1C. The first-order valence-electron chi connectivity index (χ1n) is 10.4. The van der Waals surface area contributed by atoms with Gasteiger partial charge in [-0.2, -0.15) is 4.68 Å². The number of aryl methyl sites for hydroxylation is 1. The van der Waals surface area contributed by atoms with Gasteiger partial charge in [-0.15, -0.1) is 0 Å². The molecule has 3 heterocycles. The van der Waals surface area contributed by atoms with Gasteiger partial charge in [0, 0.05) is 13.1 Å². The lowest BCUT2D eigenvalue weighted by molar-refractivity contribution is -0.744. The molecule has 0 N–H and O–H groups in total. The number of imidazole rings is 1. The molecule has 1 aliphatic heterocycles. The predicted molar refractivity (Wildman–Crippen MR) is 117 cm³/mol. The van der Waals surface area contributed by atoms with Crippen molar-refractivity contribution >= 4 is 17.2 Å². The van der Waals surface area contributed by atoms with Gasteiger partial charge in [0.25, 0.3) is 0 Å². The van der Waals surface area contributed by atoms with Crippen LogP contribution in [-0.2, 0) is 19.6 Å². The first kappa shape index (κ1) is 19.6. The highest BCUT2D eigenvalue weighted by Gasteiger charge is 2.48. The van der Waals surface area contributed by atoms with Crippen LogP contribution in [0.25, 0.3) is 0 Å². The monoisotopic (exact) mass is 393 g/mol. The third-order valence-electron chi connectivity index (χ3n) is 6.43. The van der Waals surface area contributed by atoms with Gasteiger partial charge in [0.2, 0.25) is 0 Å². The smallest absolute Gasteiger partial charge is 0.303 e. The molecular formula is C23H33N6+. The Morgan fingerprint density at radius 2 is 1.76 bits per heavy atom. The second-order valence-corrected chi connectivity index (χ2v) is 8.84. The highest BCUT2D eigenvalue weighted by molar-refractivity contribution is 5.82. The first-order chi connectivity index (χ1) is 13.7. The summed E-state index contributed by atoms with van der Waals surface area (Å²) >= 11 is 0. The highest BCUT2D eigenvalue weighted by atomic mass is 15.5. The van der Waals surface area contributed by atoms with Gasteiger partial charge < -0.3 is 9.47 Å². The molecule has 0 saturated heterocycles. The van der Waals surface area contributed by atoms with Crippen LogP contribution in [-0.4, -0.2) is 20.4 Å². The fourth-order valence-corrected chi connectivity index (χ4v) is 4.89. The summed E-state index contributed by atoms with van der Waals surface area (Å²) in [5.74, 6) is 2.23. The Morgan fingerprint density at radius 3 is 2.31 bits per heavy atom. The van der Waals surface area contributed by atoms with E-state index in [-0.39, 0.29) is 11.7 Å². The van der Waals surface area contributed by atoms with E-state index in [2.05, 4.69) is 121 Å². The minimum absolute atomic E-state index is 0.159. The maximum atomic E-state index is 4.56. The molecule has 0 unspecified atom stereocenters. The largest absolute Gasteiger partial charge is 0.333 e. The van der Waals surface area contributed by atoms with E-state index >= 15 is 0 Å². The van der Waals surface area contributed by atoms with E-state index in [9.17, 15) is 0 Å². The predicted octanol–water partition coefficient (Wildman–Crippen LogP) is 4.17. The maximum Gasteiger partial charge on any atom is 0.303 e. The number of anilines is 3. The van der Waals surface area contributed by atoms with Crippen molar-refractivity contribution in [1.29, 1.82) is 0 Å². The molecule has 3 aromatic rings. The summed E-state index contributed by atoms with van der Waals surface area (Å²) < 4.78 is 6.72. The van der Waals surface area contributed by atoms with Gasteiger partial charge in [-0.1, -0.05) is 12.1 Å². The fourth-order valence-electron chi connectivity index (χ4n) is 4.89. The molecule has 0 aliphatic carbocycles. The number of benzene rings is 1. The lowest BCUT2D eigenvalue weighted by Gasteiger charge is -2.39. The molecule has 0 fully saturated rings. The second kappa shape index (κ2) is 6.65. The minimum Gasteiger partial charge on any atom is -0.333 e. The molecule has 1 aliphatic rings. The molecule has 0 amide bonds. The van der Waals surface area contributed by atoms with Gasteiger partial charge in [-0.25, -0.2) is 14.6 Å². The van der Waals surface area contributed by atoms with Crippen molar-refractivity contribution in [2.45, 2.75) is 59.3 Å². The van der Waals surface area contributed by atoms with Gasteiger partial charge in [-0.05, 0) is 53.7 Å². The standard InChI is InChI=1S/C23H33N6/c1-16(2)27-14-13-22(26(27)8)28-18(4)29(20-12-10-9-11-19(20)28)23(5,6)21-15-24-17(3)25(21)7/h9-16,18H,1-8H3/q+1/t18-/m1/s1. The Balaban J connectivity index is 1.86. The maximum absolute atomic E-state index is 4.56. The molecule has 0 radical (unpaired) electrons. The summed E-state index contributed by atoms with van der Waals surface area (Å²) in [6.45, 7) is 13.4. The van der Waals surface area contributed by atoms with Gasteiger partial charge in [-0.3, -0.25) is 0 Å².